The van der Waals surface area contributed by atoms with Crippen molar-refractivity contribution in [2.24, 2.45) is 0 Å². The van der Waals surface area contributed by atoms with Crippen LogP contribution in [0.4, 0.5) is 10.1 Å². The number of halogens is 2. The number of benzene rings is 2. The summed E-state index contributed by atoms with van der Waals surface area (Å²) in [6, 6.07) is 10.5. The summed E-state index contributed by atoms with van der Waals surface area (Å²) >= 11 is 5.78. The monoisotopic (exact) mass is 421 g/mol. The van der Waals surface area contributed by atoms with E-state index in [0.717, 1.165) is 5.56 Å². The molecule has 1 aliphatic heterocycles. The van der Waals surface area contributed by atoms with Gasteiger partial charge in [-0.1, -0.05) is 23.7 Å². The third kappa shape index (κ3) is 5.42. The van der Waals surface area contributed by atoms with E-state index in [1.807, 2.05) is 6.92 Å². The molecule has 0 aliphatic carbocycles. The average Bonchev–Trinajstić information content (AvgIpc) is 2.69. The lowest BCUT2D eigenvalue weighted by Gasteiger charge is -2.39. The molecule has 1 fully saturated rings. The van der Waals surface area contributed by atoms with E-state index in [9.17, 15) is 19.3 Å². The molecular weight excluding hydrogens is 401 g/mol. The topological polar surface area (TPSA) is 75.9 Å². The fraction of sp³-hybridized carbons (Fsp3) is 0.350. The van der Waals surface area contributed by atoms with Gasteiger partial charge in [0.25, 0.3) is 11.6 Å². The highest BCUT2D eigenvalue weighted by Crippen LogP contribution is 2.28. The zero-order valence-electron chi connectivity index (χ0n) is 15.9. The maximum Gasteiger partial charge on any atom is 0.291 e. The van der Waals surface area contributed by atoms with Crippen molar-refractivity contribution in [3.8, 4) is 5.75 Å². The van der Waals surface area contributed by atoms with Crippen molar-refractivity contribution >= 4 is 23.2 Å². The molecule has 2 aromatic rings. The summed E-state index contributed by atoms with van der Waals surface area (Å²) in [5, 5.41) is 11.0. The quantitative estimate of drug-likeness (QED) is 0.527. The Balaban J connectivity index is 1.52. The Labute approximate surface area is 172 Å². The van der Waals surface area contributed by atoms with Crippen LogP contribution in [0.25, 0.3) is 0 Å². The van der Waals surface area contributed by atoms with E-state index in [4.69, 9.17) is 16.3 Å². The highest BCUT2D eigenvalue weighted by atomic mass is 35.5. The summed E-state index contributed by atoms with van der Waals surface area (Å²) in [5.74, 6) is -0.225. The van der Waals surface area contributed by atoms with Crippen molar-refractivity contribution < 1.29 is 18.8 Å². The zero-order valence-corrected chi connectivity index (χ0v) is 16.6. The normalized spacial score (nSPS) is 17.2. The first-order chi connectivity index (χ1) is 13.8. The Hall–Kier alpha value is -2.71. The number of carbonyl (C=O) groups excluding carboxylic acids is 1. The number of hydrogen-bond acceptors (Lipinski definition) is 5. The van der Waals surface area contributed by atoms with Gasteiger partial charge in [0.2, 0.25) is 0 Å². The molecule has 154 valence electrons. The molecule has 0 N–H and O–H groups in total. The van der Waals surface area contributed by atoms with Crippen LogP contribution in [0, 0.1) is 15.9 Å². The van der Waals surface area contributed by atoms with E-state index in [1.165, 1.54) is 30.3 Å². The largest absolute Gasteiger partial charge is 0.484 e. The molecule has 1 saturated heterocycles. The molecule has 1 amide bonds. The molecule has 1 heterocycles. The number of rotatable bonds is 6. The van der Waals surface area contributed by atoms with Crippen LogP contribution >= 0.6 is 11.6 Å². The molecule has 7 nitrogen and oxygen atoms in total. The number of carbonyl (C=O) groups is 1. The molecule has 0 aromatic heterocycles. The Morgan fingerprint density at radius 1 is 1.28 bits per heavy atom. The minimum absolute atomic E-state index is 0.0135. The van der Waals surface area contributed by atoms with Gasteiger partial charge in [0.1, 0.15) is 16.6 Å². The first kappa shape index (κ1) is 21.0. The van der Waals surface area contributed by atoms with Crippen LogP contribution in [0.2, 0.25) is 5.02 Å². The Bertz CT molecular complexity index is 894. The molecular formula is C20H21ClFN3O4. The van der Waals surface area contributed by atoms with Gasteiger partial charge in [-0.2, -0.15) is 0 Å². The van der Waals surface area contributed by atoms with Gasteiger partial charge in [0, 0.05) is 32.2 Å². The third-order valence-electron chi connectivity index (χ3n) is 4.83. The second-order valence-corrected chi connectivity index (χ2v) is 7.36. The highest BCUT2D eigenvalue weighted by Gasteiger charge is 2.27. The van der Waals surface area contributed by atoms with Crippen LogP contribution in [0.3, 0.4) is 0 Å². The fourth-order valence-corrected chi connectivity index (χ4v) is 3.53. The third-order valence-corrected chi connectivity index (χ3v) is 5.15. The van der Waals surface area contributed by atoms with E-state index in [1.54, 1.807) is 17.0 Å². The smallest absolute Gasteiger partial charge is 0.291 e. The van der Waals surface area contributed by atoms with Gasteiger partial charge in [-0.15, -0.1) is 0 Å². The van der Waals surface area contributed by atoms with E-state index in [-0.39, 0.29) is 40.8 Å². The molecule has 0 saturated carbocycles. The number of nitrogens with zero attached hydrogens (tertiary/aromatic N) is 3. The minimum Gasteiger partial charge on any atom is -0.484 e. The van der Waals surface area contributed by atoms with Crippen molar-refractivity contribution in [2.45, 2.75) is 19.5 Å². The summed E-state index contributed by atoms with van der Waals surface area (Å²) in [6.45, 7) is 4.38. The summed E-state index contributed by atoms with van der Waals surface area (Å²) in [4.78, 5) is 26.9. The molecule has 0 radical (unpaired) electrons. The van der Waals surface area contributed by atoms with Crippen LogP contribution in [-0.4, -0.2) is 52.9 Å². The standard InChI is InChI=1S/C20H21ClFN3O4/c1-14-11-23(12-15-2-4-16(22)5-3-15)8-9-24(14)20(26)13-29-17-6-7-18(21)19(10-17)25(27)28/h2-7,10,14H,8-9,11-13H2,1H3. The lowest BCUT2D eigenvalue weighted by atomic mass is 10.1. The van der Waals surface area contributed by atoms with E-state index in [0.29, 0.717) is 26.2 Å². The minimum atomic E-state index is -0.598. The van der Waals surface area contributed by atoms with Gasteiger partial charge in [0.15, 0.2) is 6.61 Å². The molecule has 0 bridgehead atoms. The van der Waals surface area contributed by atoms with E-state index in [2.05, 4.69) is 4.90 Å². The van der Waals surface area contributed by atoms with Crippen LogP contribution in [0.15, 0.2) is 42.5 Å². The molecule has 1 aliphatic rings. The second kappa shape index (κ2) is 9.19. The van der Waals surface area contributed by atoms with Crippen molar-refractivity contribution in [1.29, 1.82) is 0 Å². The Morgan fingerprint density at radius 3 is 2.66 bits per heavy atom. The number of amides is 1. The predicted octanol–water partition coefficient (Wildman–Crippen LogP) is 3.50. The molecule has 3 rings (SSSR count). The van der Waals surface area contributed by atoms with Gasteiger partial charge in [-0.3, -0.25) is 19.8 Å². The summed E-state index contributed by atoms with van der Waals surface area (Å²) in [5.41, 5.74) is 0.755. The van der Waals surface area contributed by atoms with Gasteiger partial charge in [-0.25, -0.2) is 4.39 Å². The first-order valence-electron chi connectivity index (χ1n) is 9.16. The SMILES string of the molecule is CC1CN(Cc2ccc(F)cc2)CCN1C(=O)COc1ccc(Cl)c([N+](=O)[O-])c1. The van der Waals surface area contributed by atoms with Crippen LogP contribution in [0.1, 0.15) is 12.5 Å². The van der Waals surface area contributed by atoms with Crippen LogP contribution < -0.4 is 4.74 Å². The number of hydrogen-bond donors (Lipinski definition) is 0. The number of nitro benzene ring substituents is 1. The van der Waals surface area contributed by atoms with Crippen LogP contribution in [0.5, 0.6) is 5.75 Å². The molecule has 0 spiro atoms. The Morgan fingerprint density at radius 2 is 2.00 bits per heavy atom. The van der Waals surface area contributed by atoms with Gasteiger partial charge in [-0.05, 0) is 36.8 Å². The zero-order chi connectivity index (χ0) is 21.0. The molecule has 1 unspecified atom stereocenters. The molecule has 9 heteroatoms. The second-order valence-electron chi connectivity index (χ2n) is 6.96. The van der Waals surface area contributed by atoms with Gasteiger partial charge in [0.05, 0.1) is 11.0 Å². The number of piperazine rings is 1. The maximum atomic E-state index is 13.0. The predicted molar refractivity (Wildman–Crippen MR) is 106 cm³/mol. The fourth-order valence-electron chi connectivity index (χ4n) is 3.35. The van der Waals surface area contributed by atoms with E-state index < -0.39 is 4.92 Å². The average molecular weight is 422 g/mol. The maximum absolute atomic E-state index is 13.0. The van der Waals surface area contributed by atoms with Crippen molar-refractivity contribution in [3.05, 3.63) is 69.0 Å². The van der Waals surface area contributed by atoms with Crippen molar-refractivity contribution in [2.75, 3.05) is 26.2 Å². The summed E-state index contributed by atoms with van der Waals surface area (Å²) < 4.78 is 18.5. The highest BCUT2D eigenvalue weighted by molar-refractivity contribution is 6.32. The summed E-state index contributed by atoms with van der Waals surface area (Å²) in [7, 11) is 0. The molecule has 1 atom stereocenters. The van der Waals surface area contributed by atoms with Crippen LogP contribution in [-0.2, 0) is 11.3 Å². The van der Waals surface area contributed by atoms with Crippen molar-refractivity contribution in [3.63, 3.8) is 0 Å². The van der Waals surface area contributed by atoms with Gasteiger partial charge < -0.3 is 9.64 Å². The van der Waals surface area contributed by atoms with Gasteiger partial charge >= 0.3 is 0 Å². The Kier molecular flexibility index (Phi) is 6.66. The lowest BCUT2D eigenvalue weighted by Crippen LogP contribution is -2.54. The molecule has 29 heavy (non-hydrogen) atoms. The van der Waals surface area contributed by atoms with E-state index >= 15 is 0 Å². The number of nitro groups is 1. The number of ether oxygens (including phenoxy) is 1. The lowest BCUT2D eigenvalue weighted by molar-refractivity contribution is -0.384. The first-order valence-corrected chi connectivity index (χ1v) is 9.54. The molecule has 2 aromatic carbocycles. The van der Waals surface area contributed by atoms with Crippen molar-refractivity contribution in [1.82, 2.24) is 9.80 Å². The summed E-state index contributed by atoms with van der Waals surface area (Å²) in [6.07, 6.45) is 0.